The monoisotopic (exact) mass is 278 g/mol. The van der Waals surface area contributed by atoms with Crippen molar-refractivity contribution in [1.82, 2.24) is 4.98 Å². The van der Waals surface area contributed by atoms with Crippen molar-refractivity contribution >= 4 is 11.8 Å². The van der Waals surface area contributed by atoms with Gasteiger partial charge in [0.1, 0.15) is 5.82 Å². The summed E-state index contributed by atoms with van der Waals surface area (Å²) in [6.45, 7) is 3.52. The first-order chi connectivity index (χ1) is 9.60. The van der Waals surface area contributed by atoms with E-state index in [0.29, 0.717) is 16.7 Å². The zero-order valence-corrected chi connectivity index (χ0v) is 12.4. The maximum atomic E-state index is 11.5. The maximum absolute atomic E-state index is 11.5. The lowest BCUT2D eigenvalue weighted by Gasteiger charge is -2.16. The Bertz CT molecular complexity index is 484. The molecular formula is C15H22N2O3. The lowest BCUT2D eigenvalue weighted by Crippen LogP contribution is -2.18. The largest absolute Gasteiger partial charge is 0.465 e. The van der Waals surface area contributed by atoms with E-state index in [1.54, 1.807) is 13.2 Å². The van der Waals surface area contributed by atoms with Crippen LogP contribution in [0.1, 0.15) is 35.3 Å². The molecule has 5 heteroatoms. The topological polar surface area (TPSA) is 60.5 Å². The van der Waals surface area contributed by atoms with Gasteiger partial charge in [0.05, 0.1) is 18.4 Å². The van der Waals surface area contributed by atoms with E-state index in [9.17, 15) is 4.79 Å². The Morgan fingerprint density at radius 3 is 2.70 bits per heavy atom. The van der Waals surface area contributed by atoms with Crippen LogP contribution in [0.4, 0.5) is 5.82 Å². The zero-order chi connectivity index (χ0) is 14.6. The fourth-order valence-corrected chi connectivity index (χ4v) is 2.27. The van der Waals surface area contributed by atoms with Gasteiger partial charge < -0.3 is 14.8 Å². The first-order valence-corrected chi connectivity index (χ1v) is 6.89. The van der Waals surface area contributed by atoms with Crippen LogP contribution in [0.15, 0.2) is 12.1 Å². The number of methoxy groups -OCH3 is 2. The molecule has 0 radical (unpaired) electrons. The van der Waals surface area contributed by atoms with Crippen LogP contribution in [0.2, 0.25) is 0 Å². The van der Waals surface area contributed by atoms with Crippen LogP contribution in [-0.2, 0) is 9.47 Å². The van der Waals surface area contributed by atoms with Crippen molar-refractivity contribution in [2.75, 3.05) is 32.7 Å². The zero-order valence-electron chi connectivity index (χ0n) is 12.4. The molecule has 0 aliphatic heterocycles. The number of rotatable bonds is 7. The Kier molecular flexibility index (Phi) is 4.60. The first kappa shape index (κ1) is 14.8. The van der Waals surface area contributed by atoms with E-state index in [4.69, 9.17) is 9.47 Å². The summed E-state index contributed by atoms with van der Waals surface area (Å²) in [5.41, 5.74) is 1.56. The van der Waals surface area contributed by atoms with Crippen molar-refractivity contribution in [3.05, 3.63) is 23.4 Å². The smallest absolute Gasteiger partial charge is 0.339 e. The number of hydrogen-bond acceptors (Lipinski definition) is 5. The highest BCUT2D eigenvalue weighted by atomic mass is 16.5. The van der Waals surface area contributed by atoms with Gasteiger partial charge in [-0.2, -0.15) is 0 Å². The maximum Gasteiger partial charge on any atom is 0.339 e. The van der Waals surface area contributed by atoms with Gasteiger partial charge in [-0.1, -0.05) is 0 Å². The fraction of sp³-hybridized carbons (Fsp3) is 0.600. The van der Waals surface area contributed by atoms with Crippen LogP contribution < -0.4 is 5.32 Å². The number of nitrogens with zero attached hydrogens (tertiary/aromatic N) is 1. The van der Waals surface area contributed by atoms with Gasteiger partial charge in [0.25, 0.3) is 0 Å². The standard InChI is InChI=1S/C15H22N2O3/c1-11-12(14(18)20-3)4-5-13(17-11)16-10-15(6-7-15)8-9-19-2/h4-5H,6-10H2,1-3H3,(H,16,17). The van der Waals surface area contributed by atoms with E-state index < -0.39 is 0 Å². The highest BCUT2D eigenvalue weighted by Gasteiger charge is 2.41. The third-order valence-electron chi connectivity index (χ3n) is 3.93. The summed E-state index contributed by atoms with van der Waals surface area (Å²) in [5, 5.41) is 3.36. The van der Waals surface area contributed by atoms with E-state index in [2.05, 4.69) is 10.3 Å². The average molecular weight is 278 g/mol. The van der Waals surface area contributed by atoms with Crippen LogP contribution in [0.25, 0.3) is 0 Å². The number of aryl methyl sites for hydroxylation is 1. The molecule has 0 aromatic carbocycles. The number of carbonyl (C=O) groups excluding carboxylic acids is 1. The minimum atomic E-state index is -0.347. The van der Waals surface area contributed by atoms with E-state index in [-0.39, 0.29) is 5.97 Å². The molecule has 0 amide bonds. The summed E-state index contributed by atoms with van der Waals surface area (Å²) in [6, 6.07) is 3.58. The quantitative estimate of drug-likeness (QED) is 0.776. The fourth-order valence-electron chi connectivity index (χ4n) is 2.27. The molecule has 1 aromatic rings. The van der Waals surface area contributed by atoms with Crippen LogP contribution in [0, 0.1) is 12.3 Å². The Hall–Kier alpha value is -1.62. The molecule has 1 N–H and O–H groups in total. The van der Waals surface area contributed by atoms with Crippen molar-refractivity contribution in [1.29, 1.82) is 0 Å². The van der Waals surface area contributed by atoms with E-state index in [0.717, 1.165) is 25.4 Å². The van der Waals surface area contributed by atoms with Crippen LogP contribution in [-0.4, -0.2) is 38.3 Å². The molecule has 1 heterocycles. The van der Waals surface area contributed by atoms with Gasteiger partial charge in [0.15, 0.2) is 0 Å². The van der Waals surface area contributed by atoms with Gasteiger partial charge in [-0.3, -0.25) is 0 Å². The minimum absolute atomic E-state index is 0.347. The number of aromatic nitrogens is 1. The van der Waals surface area contributed by atoms with Gasteiger partial charge in [0, 0.05) is 20.3 Å². The first-order valence-electron chi connectivity index (χ1n) is 6.89. The molecule has 0 saturated heterocycles. The number of pyridine rings is 1. The van der Waals surface area contributed by atoms with Crippen molar-refractivity contribution < 1.29 is 14.3 Å². The number of ether oxygens (including phenoxy) is 2. The SMILES string of the molecule is COCCC1(CNc2ccc(C(=O)OC)c(C)n2)CC1. The third kappa shape index (κ3) is 3.48. The molecule has 1 aromatic heterocycles. The number of carbonyl (C=O) groups is 1. The predicted octanol–water partition coefficient (Wildman–Crippen LogP) is 2.41. The second-order valence-electron chi connectivity index (χ2n) is 5.42. The predicted molar refractivity (Wildman–Crippen MR) is 77.0 cm³/mol. The van der Waals surface area contributed by atoms with Gasteiger partial charge in [-0.25, -0.2) is 9.78 Å². The summed E-state index contributed by atoms with van der Waals surface area (Å²) in [7, 11) is 3.11. The minimum Gasteiger partial charge on any atom is -0.465 e. The molecule has 0 atom stereocenters. The molecule has 5 nitrogen and oxygen atoms in total. The molecule has 0 spiro atoms. The van der Waals surface area contributed by atoms with E-state index >= 15 is 0 Å². The molecular weight excluding hydrogens is 256 g/mol. The normalized spacial score (nSPS) is 15.8. The third-order valence-corrected chi connectivity index (χ3v) is 3.93. The summed E-state index contributed by atoms with van der Waals surface area (Å²) < 4.78 is 9.86. The number of nitrogens with one attached hydrogen (secondary N) is 1. The van der Waals surface area contributed by atoms with Crippen molar-refractivity contribution in [3.63, 3.8) is 0 Å². The second-order valence-corrected chi connectivity index (χ2v) is 5.42. The lowest BCUT2D eigenvalue weighted by atomic mass is 10.0. The molecule has 1 aliphatic carbocycles. The molecule has 20 heavy (non-hydrogen) atoms. The Morgan fingerprint density at radius 1 is 1.40 bits per heavy atom. The Balaban J connectivity index is 1.94. The number of anilines is 1. The molecule has 110 valence electrons. The number of hydrogen-bond donors (Lipinski definition) is 1. The van der Waals surface area contributed by atoms with Crippen LogP contribution in [0.5, 0.6) is 0 Å². The van der Waals surface area contributed by atoms with Crippen molar-refractivity contribution in [3.8, 4) is 0 Å². The van der Waals surface area contributed by atoms with Crippen molar-refractivity contribution in [2.45, 2.75) is 26.2 Å². The van der Waals surface area contributed by atoms with Crippen molar-refractivity contribution in [2.24, 2.45) is 5.41 Å². The average Bonchev–Trinajstić information content (AvgIpc) is 3.23. The van der Waals surface area contributed by atoms with E-state index in [1.165, 1.54) is 20.0 Å². The van der Waals surface area contributed by atoms with Gasteiger partial charge in [0.2, 0.25) is 0 Å². The Labute approximate surface area is 119 Å². The second kappa shape index (κ2) is 6.22. The summed E-state index contributed by atoms with van der Waals surface area (Å²) >= 11 is 0. The molecule has 1 saturated carbocycles. The number of esters is 1. The van der Waals surface area contributed by atoms with Gasteiger partial charge in [-0.05, 0) is 43.7 Å². The van der Waals surface area contributed by atoms with Crippen LogP contribution in [0.3, 0.4) is 0 Å². The lowest BCUT2D eigenvalue weighted by molar-refractivity contribution is 0.0599. The van der Waals surface area contributed by atoms with Gasteiger partial charge >= 0.3 is 5.97 Å². The molecule has 0 unspecified atom stereocenters. The molecule has 1 fully saturated rings. The van der Waals surface area contributed by atoms with E-state index in [1.807, 2.05) is 13.0 Å². The molecule has 2 rings (SSSR count). The molecule has 1 aliphatic rings. The summed E-state index contributed by atoms with van der Waals surface area (Å²) in [5.74, 6) is 0.458. The van der Waals surface area contributed by atoms with Crippen LogP contribution >= 0.6 is 0 Å². The summed E-state index contributed by atoms with van der Waals surface area (Å²) in [6.07, 6.45) is 3.56. The highest BCUT2D eigenvalue weighted by molar-refractivity contribution is 5.90. The van der Waals surface area contributed by atoms with Gasteiger partial charge in [-0.15, -0.1) is 0 Å². The summed E-state index contributed by atoms with van der Waals surface area (Å²) in [4.78, 5) is 15.9. The Morgan fingerprint density at radius 2 is 2.15 bits per heavy atom. The highest BCUT2D eigenvalue weighted by Crippen LogP contribution is 2.48. The molecule has 0 bridgehead atoms.